The van der Waals surface area contributed by atoms with E-state index in [0.29, 0.717) is 17.1 Å². The molecule has 2 heterocycles. The standard InChI is InChI=1S/C13H11N5O2/c14-10-5-16-18-12(10)13(19)17-9-3-1-2-8(4-9)11-6-15-7-20-11/h1-7H,14H2,(H,16,18)(H,17,19). The van der Waals surface area contributed by atoms with Crippen molar-refractivity contribution in [2.75, 3.05) is 11.1 Å². The SMILES string of the molecule is Nc1cn[nH]c1C(=O)Nc1cccc(-c2cnco2)c1. The van der Waals surface area contributed by atoms with Crippen molar-refractivity contribution in [1.29, 1.82) is 0 Å². The number of carbonyl (C=O) groups excluding carboxylic acids is 1. The summed E-state index contributed by atoms with van der Waals surface area (Å²) in [6, 6.07) is 7.22. The molecule has 0 spiro atoms. The number of hydrogen-bond acceptors (Lipinski definition) is 5. The molecule has 0 atom stereocenters. The maximum atomic E-state index is 12.0. The summed E-state index contributed by atoms with van der Waals surface area (Å²) in [5.41, 5.74) is 7.60. The Labute approximate surface area is 113 Å². The molecule has 0 saturated carbocycles. The van der Waals surface area contributed by atoms with E-state index in [-0.39, 0.29) is 11.6 Å². The minimum Gasteiger partial charge on any atom is -0.444 e. The molecule has 0 aliphatic carbocycles. The van der Waals surface area contributed by atoms with Crippen molar-refractivity contribution in [2.24, 2.45) is 0 Å². The topological polar surface area (TPSA) is 110 Å². The molecule has 7 heteroatoms. The smallest absolute Gasteiger partial charge is 0.275 e. The molecule has 0 aliphatic heterocycles. The Morgan fingerprint density at radius 1 is 1.35 bits per heavy atom. The summed E-state index contributed by atoms with van der Waals surface area (Å²) in [5, 5.41) is 9.00. The molecule has 0 saturated heterocycles. The Hall–Kier alpha value is -3.09. The van der Waals surface area contributed by atoms with Crippen molar-refractivity contribution < 1.29 is 9.21 Å². The second kappa shape index (κ2) is 4.88. The van der Waals surface area contributed by atoms with Crippen LogP contribution in [0.1, 0.15) is 10.5 Å². The van der Waals surface area contributed by atoms with E-state index in [1.54, 1.807) is 18.3 Å². The number of hydrogen-bond donors (Lipinski definition) is 3. The molecule has 20 heavy (non-hydrogen) atoms. The van der Waals surface area contributed by atoms with Crippen LogP contribution in [-0.4, -0.2) is 21.1 Å². The lowest BCUT2D eigenvalue weighted by atomic mass is 10.1. The van der Waals surface area contributed by atoms with Crippen molar-refractivity contribution in [3.8, 4) is 11.3 Å². The minimum absolute atomic E-state index is 0.232. The Morgan fingerprint density at radius 3 is 2.95 bits per heavy atom. The number of nitrogen functional groups attached to an aromatic ring is 1. The van der Waals surface area contributed by atoms with Crippen LogP contribution in [0.15, 0.2) is 47.5 Å². The van der Waals surface area contributed by atoms with Gasteiger partial charge in [0.2, 0.25) is 0 Å². The average Bonchev–Trinajstić information content (AvgIpc) is 3.09. The second-order valence-electron chi connectivity index (χ2n) is 4.10. The molecule has 3 rings (SSSR count). The molecule has 7 nitrogen and oxygen atoms in total. The summed E-state index contributed by atoms with van der Waals surface area (Å²) in [6.07, 6.45) is 4.35. The highest BCUT2D eigenvalue weighted by Gasteiger charge is 2.12. The fourth-order valence-electron chi connectivity index (χ4n) is 1.78. The maximum absolute atomic E-state index is 12.0. The first-order valence-corrected chi connectivity index (χ1v) is 5.83. The monoisotopic (exact) mass is 269 g/mol. The number of nitrogens with zero attached hydrogens (tertiary/aromatic N) is 2. The van der Waals surface area contributed by atoms with Gasteiger partial charge in [0.25, 0.3) is 5.91 Å². The molecule has 2 aromatic heterocycles. The van der Waals surface area contributed by atoms with Crippen molar-refractivity contribution >= 4 is 17.3 Å². The van der Waals surface area contributed by atoms with Crippen LogP contribution < -0.4 is 11.1 Å². The summed E-state index contributed by atoms with van der Waals surface area (Å²) in [7, 11) is 0. The van der Waals surface area contributed by atoms with Gasteiger partial charge in [0.15, 0.2) is 12.2 Å². The third-order valence-electron chi connectivity index (χ3n) is 2.73. The van der Waals surface area contributed by atoms with Gasteiger partial charge in [0, 0.05) is 11.3 Å². The van der Waals surface area contributed by atoms with E-state index < -0.39 is 0 Å². The fraction of sp³-hybridized carbons (Fsp3) is 0. The molecule has 3 aromatic rings. The molecule has 0 bridgehead atoms. The van der Waals surface area contributed by atoms with Crippen LogP contribution in [0.5, 0.6) is 0 Å². The molecular formula is C13H11N5O2. The summed E-state index contributed by atoms with van der Waals surface area (Å²) >= 11 is 0. The summed E-state index contributed by atoms with van der Waals surface area (Å²) in [5.74, 6) is 0.275. The van der Waals surface area contributed by atoms with Gasteiger partial charge >= 0.3 is 0 Å². The van der Waals surface area contributed by atoms with Crippen LogP contribution >= 0.6 is 0 Å². The Balaban J connectivity index is 1.83. The predicted molar refractivity (Wildman–Crippen MR) is 72.9 cm³/mol. The Bertz CT molecular complexity index is 733. The van der Waals surface area contributed by atoms with E-state index in [0.717, 1.165) is 5.56 Å². The number of rotatable bonds is 3. The number of benzene rings is 1. The number of carbonyl (C=O) groups is 1. The van der Waals surface area contributed by atoms with Crippen LogP contribution in [0, 0.1) is 0 Å². The van der Waals surface area contributed by atoms with E-state index >= 15 is 0 Å². The first-order chi connectivity index (χ1) is 9.74. The number of nitrogens with one attached hydrogen (secondary N) is 2. The molecule has 1 amide bonds. The van der Waals surface area contributed by atoms with Crippen LogP contribution in [0.3, 0.4) is 0 Å². The molecule has 0 unspecified atom stereocenters. The zero-order valence-electron chi connectivity index (χ0n) is 10.3. The van der Waals surface area contributed by atoms with Gasteiger partial charge in [-0.15, -0.1) is 0 Å². The molecule has 0 fully saturated rings. The fourth-order valence-corrected chi connectivity index (χ4v) is 1.78. The third kappa shape index (κ3) is 2.24. The highest BCUT2D eigenvalue weighted by Crippen LogP contribution is 2.22. The highest BCUT2D eigenvalue weighted by atomic mass is 16.3. The Kier molecular flexibility index (Phi) is 2.92. The molecule has 4 N–H and O–H groups in total. The quantitative estimate of drug-likeness (QED) is 0.672. The van der Waals surface area contributed by atoms with Crippen molar-refractivity contribution in [3.63, 3.8) is 0 Å². The average molecular weight is 269 g/mol. The van der Waals surface area contributed by atoms with Gasteiger partial charge in [-0.3, -0.25) is 9.89 Å². The summed E-state index contributed by atoms with van der Waals surface area (Å²) in [6.45, 7) is 0. The van der Waals surface area contributed by atoms with Gasteiger partial charge < -0.3 is 15.5 Å². The normalized spacial score (nSPS) is 10.4. The lowest BCUT2D eigenvalue weighted by molar-refractivity contribution is 0.102. The summed E-state index contributed by atoms with van der Waals surface area (Å²) in [4.78, 5) is 15.9. The number of H-pyrrole nitrogens is 1. The minimum atomic E-state index is -0.352. The van der Waals surface area contributed by atoms with E-state index in [9.17, 15) is 4.79 Å². The first kappa shape index (κ1) is 12.0. The lowest BCUT2D eigenvalue weighted by Gasteiger charge is -2.05. The van der Waals surface area contributed by atoms with Crippen LogP contribution in [0.4, 0.5) is 11.4 Å². The lowest BCUT2D eigenvalue weighted by Crippen LogP contribution is -2.14. The molecule has 0 radical (unpaired) electrons. The van der Waals surface area contributed by atoms with Crippen LogP contribution in [-0.2, 0) is 0 Å². The molecular weight excluding hydrogens is 258 g/mol. The zero-order chi connectivity index (χ0) is 13.9. The third-order valence-corrected chi connectivity index (χ3v) is 2.73. The van der Waals surface area contributed by atoms with E-state index in [2.05, 4.69) is 20.5 Å². The summed E-state index contributed by atoms with van der Waals surface area (Å²) < 4.78 is 5.21. The van der Waals surface area contributed by atoms with Crippen molar-refractivity contribution in [1.82, 2.24) is 15.2 Å². The number of nitrogens with two attached hydrogens (primary N) is 1. The van der Waals surface area contributed by atoms with E-state index in [1.165, 1.54) is 12.6 Å². The molecule has 100 valence electrons. The number of aromatic nitrogens is 3. The first-order valence-electron chi connectivity index (χ1n) is 5.83. The van der Waals surface area contributed by atoms with Gasteiger partial charge in [0.1, 0.15) is 5.69 Å². The highest BCUT2D eigenvalue weighted by molar-refractivity contribution is 6.06. The predicted octanol–water partition coefficient (Wildman–Crippen LogP) is 1.90. The maximum Gasteiger partial charge on any atom is 0.275 e. The van der Waals surface area contributed by atoms with Gasteiger partial charge in [-0.25, -0.2) is 4.98 Å². The van der Waals surface area contributed by atoms with Gasteiger partial charge in [-0.2, -0.15) is 5.10 Å². The van der Waals surface area contributed by atoms with Gasteiger partial charge in [-0.1, -0.05) is 12.1 Å². The number of amides is 1. The number of aromatic amines is 1. The Morgan fingerprint density at radius 2 is 2.25 bits per heavy atom. The number of oxazole rings is 1. The van der Waals surface area contributed by atoms with Crippen LogP contribution in [0.25, 0.3) is 11.3 Å². The van der Waals surface area contributed by atoms with Gasteiger partial charge in [0.05, 0.1) is 18.1 Å². The van der Waals surface area contributed by atoms with Crippen LogP contribution in [0.2, 0.25) is 0 Å². The second-order valence-corrected chi connectivity index (χ2v) is 4.10. The van der Waals surface area contributed by atoms with Crippen molar-refractivity contribution in [2.45, 2.75) is 0 Å². The van der Waals surface area contributed by atoms with E-state index in [4.69, 9.17) is 10.2 Å². The number of anilines is 2. The van der Waals surface area contributed by atoms with E-state index in [1.807, 2.05) is 12.1 Å². The van der Waals surface area contributed by atoms with Gasteiger partial charge in [-0.05, 0) is 12.1 Å². The molecule has 1 aromatic carbocycles. The molecule has 0 aliphatic rings. The zero-order valence-corrected chi connectivity index (χ0v) is 10.3. The van der Waals surface area contributed by atoms with Crippen molar-refractivity contribution in [3.05, 3.63) is 48.7 Å². The largest absolute Gasteiger partial charge is 0.444 e.